The smallest absolute Gasteiger partial charge is 0.274 e. The summed E-state index contributed by atoms with van der Waals surface area (Å²) in [5.74, 6) is -0.0264. The van der Waals surface area contributed by atoms with Gasteiger partial charge in [0.2, 0.25) is 5.91 Å². The zero-order valence-electron chi connectivity index (χ0n) is 20.2. The van der Waals surface area contributed by atoms with Crippen molar-refractivity contribution in [3.8, 4) is 0 Å². The second kappa shape index (κ2) is 9.99. The molecule has 2 saturated heterocycles. The SMILES string of the molecule is C[C@@H]1CN(C(=O)c2nn(CC(=O)N3CCN(c4ccc(Cl)cc4Cl)CC3)c3c2CCC3)C[C@H](C)O1. The van der Waals surface area contributed by atoms with Crippen molar-refractivity contribution >= 4 is 40.7 Å². The van der Waals surface area contributed by atoms with E-state index in [1.54, 1.807) is 10.7 Å². The molecule has 0 unspecified atom stereocenters. The number of carbonyl (C=O) groups is 2. The number of morpholine rings is 1. The Kier molecular flexibility index (Phi) is 6.97. The van der Waals surface area contributed by atoms with E-state index in [-0.39, 0.29) is 30.6 Å². The molecule has 2 amide bonds. The first-order valence-corrected chi connectivity index (χ1v) is 13.1. The first-order valence-electron chi connectivity index (χ1n) is 12.3. The lowest BCUT2D eigenvalue weighted by molar-refractivity contribution is -0.132. The minimum Gasteiger partial charge on any atom is -0.372 e. The van der Waals surface area contributed by atoms with E-state index < -0.39 is 0 Å². The Bertz CT molecular complexity index is 1120. The molecule has 5 rings (SSSR count). The number of anilines is 1. The summed E-state index contributed by atoms with van der Waals surface area (Å²) >= 11 is 12.4. The number of aromatic nitrogens is 2. The quantitative estimate of drug-likeness (QED) is 0.619. The maximum Gasteiger partial charge on any atom is 0.274 e. The molecule has 8 nitrogen and oxygen atoms in total. The average Bonchev–Trinajstić information content (AvgIpc) is 3.42. The molecule has 35 heavy (non-hydrogen) atoms. The molecule has 0 saturated carbocycles. The third-order valence-electron chi connectivity index (χ3n) is 7.08. The van der Waals surface area contributed by atoms with Crippen molar-refractivity contribution in [3.63, 3.8) is 0 Å². The molecule has 3 heterocycles. The number of piperazine rings is 1. The van der Waals surface area contributed by atoms with Crippen LogP contribution in [0.3, 0.4) is 0 Å². The number of ether oxygens (including phenoxy) is 1. The minimum atomic E-state index is -0.0511. The van der Waals surface area contributed by atoms with Crippen LogP contribution in [0, 0.1) is 0 Å². The average molecular weight is 520 g/mol. The predicted octanol–water partition coefficient (Wildman–Crippen LogP) is 3.28. The van der Waals surface area contributed by atoms with Gasteiger partial charge in [0.15, 0.2) is 5.69 Å². The molecular formula is C25H31Cl2N5O3. The highest BCUT2D eigenvalue weighted by molar-refractivity contribution is 6.36. The number of benzene rings is 1. The van der Waals surface area contributed by atoms with E-state index in [1.807, 2.05) is 35.8 Å². The molecule has 1 aromatic carbocycles. The first kappa shape index (κ1) is 24.4. The molecule has 1 aromatic heterocycles. The van der Waals surface area contributed by atoms with Crippen molar-refractivity contribution in [2.45, 2.75) is 51.9 Å². The van der Waals surface area contributed by atoms with E-state index in [9.17, 15) is 9.59 Å². The maximum atomic E-state index is 13.3. The van der Waals surface area contributed by atoms with Crippen LogP contribution >= 0.6 is 23.2 Å². The number of hydrogen-bond acceptors (Lipinski definition) is 5. The number of fused-ring (bicyclic) bond motifs is 1. The molecule has 0 bridgehead atoms. The van der Waals surface area contributed by atoms with E-state index in [2.05, 4.69) is 10.00 Å². The Hall–Kier alpha value is -2.29. The Morgan fingerprint density at radius 2 is 1.74 bits per heavy atom. The van der Waals surface area contributed by atoms with Crippen LogP contribution in [-0.2, 0) is 28.9 Å². The molecular weight excluding hydrogens is 489 g/mol. The van der Waals surface area contributed by atoms with Crippen molar-refractivity contribution in [2.24, 2.45) is 0 Å². The highest BCUT2D eigenvalue weighted by Crippen LogP contribution is 2.30. The topological polar surface area (TPSA) is 70.9 Å². The summed E-state index contributed by atoms with van der Waals surface area (Å²) in [5, 5.41) is 5.89. The highest BCUT2D eigenvalue weighted by atomic mass is 35.5. The van der Waals surface area contributed by atoms with Crippen LogP contribution < -0.4 is 4.90 Å². The maximum absolute atomic E-state index is 13.3. The van der Waals surface area contributed by atoms with E-state index in [0.717, 1.165) is 36.2 Å². The molecule has 0 N–H and O–H groups in total. The molecule has 0 radical (unpaired) electrons. The van der Waals surface area contributed by atoms with Gasteiger partial charge in [-0.2, -0.15) is 5.10 Å². The van der Waals surface area contributed by atoms with Gasteiger partial charge in [0.05, 0.1) is 22.9 Å². The summed E-state index contributed by atoms with van der Waals surface area (Å²) in [6, 6.07) is 5.49. The van der Waals surface area contributed by atoms with Gasteiger partial charge < -0.3 is 19.4 Å². The van der Waals surface area contributed by atoms with Gasteiger partial charge >= 0.3 is 0 Å². The van der Waals surface area contributed by atoms with Gasteiger partial charge in [-0.25, -0.2) is 0 Å². The highest BCUT2D eigenvalue weighted by Gasteiger charge is 2.33. The number of amides is 2. The summed E-state index contributed by atoms with van der Waals surface area (Å²) in [6.45, 7) is 7.86. The first-order chi connectivity index (χ1) is 16.8. The predicted molar refractivity (Wildman–Crippen MR) is 135 cm³/mol. The number of hydrogen-bond donors (Lipinski definition) is 0. The van der Waals surface area contributed by atoms with Crippen LogP contribution in [0.2, 0.25) is 10.0 Å². The van der Waals surface area contributed by atoms with Crippen LogP contribution in [0.4, 0.5) is 5.69 Å². The van der Waals surface area contributed by atoms with Crippen molar-refractivity contribution in [3.05, 3.63) is 45.2 Å². The van der Waals surface area contributed by atoms with Crippen molar-refractivity contribution in [1.29, 1.82) is 0 Å². The summed E-state index contributed by atoms with van der Waals surface area (Å²) in [4.78, 5) is 32.4. The van der Waals surface area contributed by atoms with Gasteiger partial charge in [-0.15, -0.1) is 0 Å². The van der Waals surface area contributed by atoms with Gasteiger partial charge in [0.25, 0.3) is 5.91 Å². The van der Waals surface area contributed by atoms with Gasteiger partial charge in [-0.1, -0.05) is 23.2 Å². The lowest BCUT2D eigenvalue weighted by Crippen LogP contribution is -2.50. The molecule has 2 atom stereocenters. The van der Waals surface area contributed by atoms with E-state index in [1.165, 1.54) is 0 Å². The zero-order chi connectivity index (χ0) is 24.7. The van der Waals surface area contributed by atoms with E-state index >= 15 is 0 Å². The summed E-state index contributed by atoms with van der Waals surface area (Å²) < 4.78 is 7.55. The molecule has 2 aromatic rings. The van der Waals surface area contributed by atoms with Crippen LogP contribution in [0.15, 0.2) is 18.2 Å². The lowest BCUT2D eigenvalue weighted by Gasteiger charge is -2.36. The second-order valence-corrected chi connectivity index (χ2v) is 10.6. The number of rotatable bonds is 4. The fourth-order valence-electron chi connectivity index (χ4n) is 5.47. The molecule has 2 aliphatic heterocycles. The van der Waals surface area contributed by atoms with Gasteiger partial charge in [-0.05, 0) is 51.3 Å². The Morgan fingerprint density at radius 3 is 2.43 bits per heavy atom. The Labute approximate surface area is 215 Å². The van der Waals surface area contributed by atoms with Gasteiger partial charge in [0, 0.05) is 55.5 Å². The van der Waals surface area contributed by atoms with Crippen LogP contribution in [0.5, 0.6) is 0 Å². The van der Waals surface area contributed by atoms with Crippen molar-refractivity contribution in [1.82, 2.24) is 19.6 Å². The monoisotopic (exact) mass is 519 g/mol. The summed E-state index contributed by atoms with van der Waals surface area (Å²) in [6.07, 6.45) is 2.67. The Balaban J connectivity index is 1.25. The van der Waals surface area contributed by atoms with Crippen molar-refractivity contribution < 1.29 is 14.3 Å². The Morgan fingerprint density at radius 1 is 1.03 bits per heavy atom. The third kappa shape index (κ3) is 5.01. The largest absolute Gasteiger partial charge is 0.372 e. The molecule has 1 aliphatic carbocycles. The van der Waals surface area contributed by atoms with Crippen molar-refractivity contribution in [2.75, 3.05) is 44.2 Å². The molecule has 2 fully saturated rings. The van der Waals surface area contributed by atoms with Crippen LogP contribution in [0.1, 0.15) is 42.0 Å². The summed E-state index contributed by atoms with van der Waals surface area (Å²) in [7, 11) is 0. The fourth-order valence-corrected chi connectivity index (χ4v) is 6.00. The molecule has 3 aliphatic rings. The van der Waals surface area contributed by atoms with E-state index in [0.29, 0.717) is 55.0 Å². The minimum absolute atomic E-state index is 0.000771. The normalized spacial score (nSPS) is 22.5. The number of nitrogens with zero attached hydrogens (tertiary/aromatic N) is 5. The number of carbonyl (C=O) groups excluding carboxylic acids is 2. The third-order valence-corrected chi connectivity index (χ3v) is 7.62. The summed E-state index contributed by atoms with van der Waals surface area (Å²) in [5.41, 5.74) is 3.48. The zero-order valence-corrected chi connectivity index (χ0v) is 21.7. The van der Waals surface area contributed by atoms with Crippen LogP contribution in [0.25, 0.3) is 0 Å². The lowest BCUT2D eigenvalue weighted by atomic mass is 10.1. The molecule has 0 spiro atoms. The van der Waals surface area contributed by atoms with Gasteiger partial charge in [0.1, 0.15) is 6.54 Å². The van der Waals surface area contributed by atoms with Gasteiger partial charge in [-0.3, -0.25) is 14.3 Å². The molecule has 10 heteroatoms. The fraction of sp³-hybridized carbons (Fsp3) is 0.560. The van der Waals surface area contributed by atoms with E-state index in [4.69, 9.17) is 27.9 Å². The van der Waals surface area contributed by atoms with Crippen LogP contribution in [-0.4, -0.2) is 82.9 Å². The standard InChI is InChI=1S/C25H31Cl2N5O3/c1-16-13-31(14-17(2)35-16)25(34)24-19-4-3-5-21(19)32(28-24)15-23(33)30-10-8-29(9-11-30)22-7-6-18(26)12-20(22)27/h6-7,12,16-17H,3-5,8-11,13-15H2,1-2H3/t16-,17+. The number of halogens is 2. The second-order valence-electron chi connectivity index (χ2n) is 9.72. The molecule has 188 valence electrons.